The van der Waals surface area contributed by atoms with E-state index in [1.807, 2.05) is 19.4 Å². The van der Waals surface area contributed by atoms with Crippen LogP contribution < -0.4 is 5.32 Å². The Bertz CT molecular complexity index is 689. The van der Waals surface area contributed by atoms with Crippen molar-refractivity contribution in [1.29, 1.82) is 0 Å². The fraction of sp³-hybridized carbons (Fsp3) is 0.176. The van der Waals surface area contributed by atoms with Crippen molar-refractivity contribution in [2.24, 2.45) is 0 Å². The van der Waals surface area contributed by atoms with Crippen molar-refractivity contribution in [2.75, 3.05) is 7.05 Å². The van der Waals surface area contributed by atoms with Crippen LogP contribution in [-0.4, -0.2) is 17.0 Å². The Morgan fingerprint density at radius 3 is 2.55 bits per heavy atom. The zero-order chi connectivity index (χ0) is 13.8. The Labute approximate surface area is 118 Å². The maximum absolute atomic E-state index is 4.11. The minimum atomic E-state index is 0.224. The lowest BCUT2D eigenvalue weighted by Crippen LogP contribution is -2.19. The molecule has 0 aliphatic carbocycles. The molecule has 0 aliphatic heterocycles. The summed E-state index contributed by atoms with van der Waals surface area (Å²) in [4.78, 5) is 8.21. The first-order chi connectivity index (χ1) is 9.88. The molecule has 1 aromatic heterocycles. The van der Waals surface area contributed by atoms with Gasteiger partial charge in [-0.05, 0) is 29.8 Å². The molecule has 0 saturated heterocycles. The average molecular weight is 263 g/mol. The van der Waals surface area contributed by atoms with Gasteiger partial charge in [-0.25, -0.2) is 9.97 Å². The van der Waals surface area contributed by atoms with Crippen molar-refractivity contribution in [2.45, 2.75) is 12.5 Å². The highest BCUT2D eigenvalue weighted by atomic mass is 14.9. The van der Waals surface area contributed by atoms with Gasteiger partial charge in [0, 0.05) is 24.0 Å². The second-order valence-corrected chi connectivity index (χ2v) is 4.86. The standard InChI is InChI=1S/C17H17N3/c1-18-17(15-10-19-12-20-11-15)9-14-7-4-6-13-5-2-3-8-16(13)14/h2-8,10-12,17-18H,9H2,1H3. The molecule has 2 aromatic carbocycles. The van der Waals surface area contributed by atoms with Crippen molar-refractivity contribution in [3.8, 4) is 0 Å². The maximum Gasteiger partial charge on any atom is 0.115 e. The van der Waals surface area contributed by atoms with Crippen LogP contribution in [0.1, 0.15) is 17.2 Å². The van der Waals surface area contributed by atoms with E-state index in [0.717, 1.165) is 12.0 Å². The van der Waals surface area contributed by atoms with E-state index in [4.69, 9.17) is 0 Å². The van der Waals surface area contributed by atoms with Crippen molar-refractivity contribution in [3.63, 3.8) is 0 Å². The number of fused-ring (bicyclic) bond motifs is 1. The summed E-state index contributed by atoms with van der Waals surface area (Å²) in [7, 11) is 1.97. The average Bonchev–Trinajstić information content (AvgIpc) is 2.53. The number of nitrogens with zero attached hydrogens (tertiary/aromatic N) is 2. The van der Waals surface area contributed by atoms with Crippen LogP contribution in [0.15, 0.2) is 61.2 Å². The lowest BCUT2D eigenvalue weighted by molar-refractivity contribution is 0.589. The van der Waals surface area contributed by atoms with E-state index in [1.165, 1.54) is 16.3 Å². The Morgan fingerprint density at radius 2 is 1.75 bits per heavy atom. The third-order valence-corrected chi connectivity index (χ3v) is 3.64. The van der Waals surface area contributed by atoms with Gasteiger partial charge in [-0.3, -0.25) is 0 Å². The lowest BCUT2D eigenvalue weighted by atomic mass is 9.96. The SMILES string of the molecule is CNC(Cc1cccc2ccccc12)c1cncnc1. The molecule has 1 heterocycles. The summed E-state index contributed by atoms with van der Waals surface area (Å²) in [5.74, 6) is 0. The Morgan fingerprint density at radius 1 is 1.00 bits per heavy atom. The Balaban J connectivity index is 1.96. The summed E-state index contributed by atoms with van der Waals surface area (Å²) in [6, 6.07) is 15.2. The van der Waals surface area contributed by atoms with Gasteiger partial charge in [-0.1, -0.05) is 42.5 Å². The lowest BCUT2D eigenvalue weighted by Gasteiger charge is -2.17. The smallest absolute Gasteiger partial charge is 0.115 e. The highest BCUT2D eigenvalue weighted by molar-refractivity contribution is 5.85. The highest BCUT2D eigenvalue weighted by Crippen LogP contribution is 2.23. The van der Waals surface area contributed by atoms with Gasteiger partial charge in [0.05, 0.1) is 0 Å². The van der Waals surface area contributed by atoms with E-state index in [1.54, 1.807) is 6.33 Å². The van der Waals surface area contributed by atoms with E-state index in [2.05, 4.69) is 57.7 Å². The number of aromatic nitrogens is 2. The van der Waals surface area contributed by atoms with Crippen LogP contribution in [0.3, 0.4) is 0 Å². The number of nitrogens with one attached hydrogen (secondary N) is 1. The molecule has 100 valence electrons. The van der Waals surface area contributed by atoms with Crippen LogP contribution in [0, 0.1) is 0 Å². The molecule has 0 amide bonds. The van der Waals surface area contributed by atoms with E-state index >= 15 is 0 Å². The summed E-state index contributed by atoms with van der Waals surface area (Å²) < 4.78 is 0. The number of hydrogen-bond acceptors (Lipinski definition) is 3. The quantitative estimate of drug-likeness (QED) is 0.786. The third-order valence-electron chi connectivity index (χ3n) is 3.64. The zero-order valence-electron chi connectivity index (χ0n) is 11.5. The summed E-state index contributed by atoms with van der Waals surface area (Å²) in [6.45, 7) is 0. The molecule has 3 rings (SSSR count). The second-order valence-electron chi connectivity index (χ2n) is 4.86. The molecule has 20 heavy (non-hydrogen) atoms. The molecule has 0 bridgehead atoms. The monoisotopic (exact) mass is 263 g/mol. The summed E-state index contributed by atoms with van der Waals surface area (Å²) in [5, 5.41) is 5.95. The fourth-order valence-corrected chi connectivity index (χ4v) is 2.57. The zero-order valence-corrected chi connectivity index (χ0v) is 11.5. The van der Waals surface area contributed by atoms with Crippen LogP contribution in [0.25, 0.3) is 10.8 Å². The number of benzene rings is 2. The molecular formula is C17H17N3. The molecule has 3 heteroatoms. The van der Waals surface area contributed by atoms with Crippen LogP contribution in [0.4, 0.5) is 0 Å². The molecule has 1 atom stereocenters. The van der Waals surface area contributed by atoms with Crippen LogP contribution >= 0.6 is 0 Å². The van der Waals surface area contributed by atoms with Gasteiger partial charge in [0.15, 0.2) is 0 Å². The van der Waals surface area contributed by atoms with Gasteiger partial charge in [-0.15, -0.1) is 0 Å². The molecule has 0 spiro atoms. The van der Waals surface area contributed by atoms with Crippen LogP contribution in [-0.2, 0) is 6.42 Å². The number of likely N-dealkylation sites (N-methyl/N-ethyl adjacent to an activating group) is 1. The largest absolute Gasteiger partial charge is 0.313 e. The summed E-state index contributed by atoms with van der Waals surface area (Å²) in [5.41, 5.74) is 2.45. The van der Waals surface area contributed by atoms with Gasteiger partial charge >= 0.3 is 0 Å². The minimum Gasteiger partial charge on any atom is -0.313 e. The Hall–Kier alpha value is -2.26. The fourth-order valence-electron chi connectivity index (χ4n) is 2.57. The van der Waals surface area contributed by atoms with E-state index in [9.17, 15) is 0 Å². The highest BCUT2D eigenvalue weighted by Gasteiger charge is 2.12. The molecular weight excluding hydrogens is 246 g/mol. The Kier molecular flexibility index (Phi) is 3.70. The van der Waals surface area contributed by atoms with Gasteiger partial charge < -0.3 is 5.32 Å². The van der Waals surface area contributed by atoms with Gasteiger partial charge in [0.25, 0.3) is 0 Å². The molecule has 3 nitrogen and oxygen atoms in total. The predicted molar refractivity (Wildman–Crippen MR) is 81.5 cm³/mol. The first-order valence-corrected chi connectivity index (χ1v) is 6.77. The topological polar surface area (TPSA) is 37.8 Å². The molecule has 0 saturated carbocycles. The van der Waals surface area contributed by atoms with Gasteiger partial charge in [0.2, 0.25) is 0 Å². The first-order valence-electron chi connectivity index (χ1n) is 6.77. The van der Waals surface area contributed by atoms with Crippen molar-refractivity contribution >= 4 is 10.8 Å². The molecule has 0 radical (unpaired) electrons. The maximum atomic E-state index is 4.11. The third kappa shape index (κ3) is 2.53. The molecule has 0 fully saturated rings. The molecule has 0 aliphatic rings. The molecule has 1 N–H and O–H groups in total. The van der Waals surface area contributed by atoms with Gasteiger partial charge in [0.1, 0.15) is 6.33 Å². The van der Waals surface area contributed by atoms with Crippen molar-refractivity contribution in [1.82, 2.24) is 15.3 Å². The number of hydrogen-bond donors (Lipinski definition) is 1. The van der Waals surface area contributed by atoms with E-state index in [0.29, 0.717) is 0 Å². The molecule has 1 unspecified atom stereocenters. The predicted octanol–water partition coefficient (Wildman–Crippen LogP) is 3.13. The normalized spacial score (nSPS) is 12.4. The van der Waals surface area contributed by atoms with E-state index < -0.39 is 0 Å². The minimum absolute atomic E-state index is 0.224. The summed E-state index contributed by atoms with van der Waals surface area (Å²) >= 11 is 0. The van der Waals surface area contributed by atoms with Crippen molar-refractivity contribution in [3.05, 3.63) is 72.3 Å². The van der Waals surface area contributed by atoms with Gasteiger partial charge in [-0.2, -0.15) is 0 Å². The molecule has 3 aromatic rings. The van der Waals surface area contributed by atoms with Crippen LogP contribution in [0.2, 0.25) is 0 Å². The van der Waals surface area contributed by atoms with Crippen LogP contribution in [0.5, 0.6) is 0 Å². The first kappa shape index (κ1) is 12.8. The van der Waals surface area contributed by atoms with Crippen molar-refractivity contribution < 1.29 is 0 Å². The van der Waals surface area contributed by atoms with E-state index in [-0.39, 0.29) is 6.04 Å². The number of rotatable bonds is 4. The summed E-state index contributed by atoms with van der Waals surface area (Å²) in [6.07, 6.45) is 6.23. The second kappa shape index (κ2) is 5.80.